The van der Waals surface area contributed by atoms with Crippen LogP contribution in [0.25, 0.3) is 0 Å². The zero-order valence-corrected chi connectivity index (χ0v) is 12.9. The Labute approximate surface area is 135 Å². The van der Waals surface area contributed by atoms with E-state index in [4.69, 9.17) is 0 Å². The number of hydrogen-bond acceptors (Lipinski definition) is 4. The van der Waals surface area contributed by atoms with Gasteiger partial charge in [0.15, 0.2) is 0 Å². The fourth-order valence-electron chi connectivity index (χ4n) is 1.75. The molecule has 0 radical (unpaired) electrons. The maximum atomic E-state index is 13.0. The first-order valence-corrected chi connectivity index (χ1v) is 6.74. The number of nitrogens with one attached hydrogen (secondary N) is 3. The zero-order chi connectivity index (χ0) is 18.3. The van der Waals surface area contributed by atoms with E-state index in [1.165, 1.54) is 7.05 Å². The Hall–Kier alpha value is -2.78. The van der Waals surface area contributed by atoms with Crippen LogP contribution in [0.2, 0.25) is 0 Å². The number of halogens is 3. The average Bonchev–Trinajstić information content (AvgIpc) is 2.56. The maximum Gasteiger partial charge on any atom is 0.417 e. The summed E-state index contributed by atoms with van der Waals surface area (Å²) in [7, 11) is 2.37. The molecule has 3 amide bonds. The van der Waals surface area contributed by atoms with Crippen LogP contribution in [0, 0.1) is 0 Å². The fraction of sp³-hybridized carbons (Fsp3) is 0.357. The number of esters is 1. The summed E-state index contributed by atoms with van der Waals surface area (Å²) in [6.07, 6.45) is -4.82. The van der Waals surface area contributed by atoms with Gasteiger partial charge in [-0.25, -0.2) is 9.59 Å². The monoisotopic (exact) mass is 347 g/mol. The summed E-state index contributed by atoms with van der Waals surface area (Å²) in [5.74, 6) is -1.92. The van der Waals surface area contributed by atoms with E-state index in [1.54, 1.807) is 0 Å². The van der Waals surface area contributed by atoms with Crippen molar-refractivity contribution in [3.63, 3.8) is 0 Å². The molecule has 0 aliphatic carbocycles. The number of alkyl halides is 3. The summed E-state index contributed by atoms with van der Waals surface area (Å²) < 4.78 is 43.4. The summed E-state index contributed by atoms with van der Waals surface area (Å²) in [6.45, 7) is 0.115. The number of benzene rings is 1. The first-order chi connectivity index (χ1) is 11.2. The van der Waals surface area contributed by atoms with Crippen LogP contribution in [-0.4, -0.2) is 45.2 Å². The van der Waals surface area contributed by atoms with Gasteiger partial charge in [-0.2, -0.15) is 13.2 Å². The Balaban J connectivity index is 2.87. The number of urea groups is 1. The number of ether oxygens (including phenoxy) is 1. The molecule has 132 valence electrons. The highest BCUT2D eigenvalue weighted by atomic mass is 19.4. The van der Waals surface area contributed by atoms with Gasteiger partial charge in [-0.1, -0.05) is 0 Å². The molecule has 10 heteroatoms. The minimum atomic E-state index is -4.82. The van der Waals surface area contributed by atoms with Crippen molar-refractivity contribution in [3.05, 3.63) is 34.9 Å². The van der Waals surface area contributed by atoms with E-state index in [9.17, 15) is 27.6 Å². The van der Waals surface area contributed by atoms with Crippen LogP contribution < -0.4 is 16.0 Å². The number of carbonyl (C=O) groups excluding carboxylic acids is 3. The van der Waals surface area contributed by atoms with Gasteiger partial charge in [0.1, 0.15) is 0 Å². The minimum Gasteiger partial charge on any atom is -0.465 e. The van der Waals surface area contributed by atoms with Gasteiger partial charge in [-0.3, -0.25) is 4.79 Å². The third-order valence-corrected chi connectivity index (χ3v) is 2.92. The first kappa shape index (κ1) is 19.3. The van der Waals surface area contributed by atoms with E-state index < -0.39 is 35.2 Å². The van der Waals surface area contributed by atoms with Gasteiger partial charge < -0.3 is 20.7 Å². The third kappa shape index (κ3) is 5.14. The van der Waals surface area contributed by atoms with E-state index in [2.05, 4.69) is 20.7 Å². The van der Waals surface area contributed by atoms with Gasteiger partial charge in [0.05, 0.1) is 18.2 Å². The van der Waals surface area contributed by atoms with Gasteiger partial charge in [0.25, 0.3) is 5.91 Å². The summed E-state index contributed by atoms with van der Waals surface area (Å²) in [6, 6.07) is 2.09. The Morgan fingerprint density at radius 3 is 2.29 bits per heavy atom. The molecule has 0 spiro atoms. The van der Waals surface area contributed by atoms with Crippen LogP contribution in [-0.2, 0) is 10.9 Å². The van der Waals surface area contributed by atoms with Crippen LogP contribution in [0.4, 0.5) is 18.0 Å². The lowest BCUT2D eigenvalue weighted by molar-refractivity contribution is -0.138. The topological polar surface area (TPSA) is 96.5 Å². The SMILES string of the molecule is CNC(=O)NCCNC(=O)c1ccc(C(=O)OC)c(C(F)(F)F)c1. The predicted molar refractivity (Wildman–Crippen MR) is 77.6 cm³/mol. The molecule has 0 aliphatic heterocycles. The molecule has 7 nitrogen and oxygen atoms in total. The summed E-state index contributed by atoms with van der Waals surface area (Å²) >= 11 is 0. The molecule has 0 atom stereocenters. The lowest BCUT2D eigenvalue weighted by atomic mass is 10.0. The smallest absolute Gasteiger partial charge is 0.417 e. The molecular weight excluding hydrogens is 331 g/mol. The Bertz CT molecular complexity index is 632. The zero-order valence-electron chi connectivity index (χ0n) is 12.9. The molecule has 0 bridgehead atoms. The lowest BCUT2D eigenvalue weighted by Gasteiger charge is -2.13. The molecule has 3 N–H and O–H groups in total. The van der Waals surface area contributed by atoms with Crippen LogP contribution >= 0.6 is 0 Å². The fourth-order valence-corrected chi connectivity index (χ4v) is 1.75. The summed E-state index contributed by atoms with van der Waals surface area (Å²) in [5, 5.41) is 7.05. The number of carbonyl (C=O) groups is 3. The lowest BCUT2D eigenvalue weighted by Crippen LogP contribution is -2.38. The van der Waals surface area contributed by atoms with Gasteiger partial charge in [0.2, 0.25) is 0 Å². The highest BCUT2D eigenvalue weighted by Gasteiger charge is 2.36. The highest BCUT2D eigenvalue weighted by Crippen LogP contribution is 2.33. The second kappa shape index (κ2) is 8.18. The highest BCUT2D eigenvalue weighted by molar-refractivity contribution is 5.97. The largest absolute Gasteiger partial charge is 0.465 e. The quantitative estimate of drug-likeness (QED) is 0.550. The molecule has 1 rings (SSSR count). The van der Waals surface area contributed by atoms with E-state index in [1.807, 2.05) is 0 Å². The number of rotatable bonds is 5. The molecule has 0 heterocycles. The van der Waals surface area contributed by atoms with Gasteiger partial charge in [-0.15, -0.1) is 0 Å². The van der Waals surface area contributed by atoms with Gasteiger partial charge in [0, 0.05) is 25.7 Å². The molecule has 0 saturated heterocycles. The normalized spacial score (nSPS) is 10.7. The van der Waals surface area contributed by atoms with Crippen LogP contribution in [0.15, 0.2) is 18.2 Å². The Morgan fingerprint density at radius 1 is 1.12 bits per heavy atom. The van der Waals surface area contributed by atoms with Crippen molar-refractivity contribution in [1.29, 1.82) is 0 Å². The van der Waals surface area contributed by atoms with Gasteiger partial charge >= 0.3 is 18.2 Å². The van der Waals surface area contributed by atoms with E-state index in [0.717, 1.165) is 19.2 Å². The number of hydrogen-bond donors (Lipinski definition) is 3. The van der Waals surface area contributed by atoms with Crippen molar-refractivity contribution in [1.82, 2.24) is 16.0 Å². The van der Waals surface area contributed by atoms with Crippen molar-refractivity contribution in [2.24, 2.45) is 0 Å². The van der Waals surface area contributed by atoms with E-state index >= 15 is 0 Å². The van der Waals surface area contributed by atoms with Crippen molar-refractivity contribution in [2.75, 3.05) is 27.2 Å². The number of amides is 3. The average molecular weight is 347 g/mol. The molecule has 1 aromatic carbocycles. The third-order valence-electron chi connectivity index (χ3n) is 2.92. The van der Waals surface area contributed by atoms with Crippen LogP contribution in [0.3, 0.4) is 0 Å². The Kier molecular flexibility index (Phi) is 6.57. The van der Waals surface area contributed by atoms with Crippen molar-refractivity contribution in [3.8, 4) is 0 Å². The number of methoxy groups -OCH3 is 1. The standard InChI is InChI=1S/C14H16F3N3O4/c1-18-13(23)20-6-5-19-11(21)8-3-4-9(12(22)24-2)10(7-8)14(15,16)17/h3-4,7H,5-6H2,1-2H3,(H,19,21)(H2,18,20,23). The van der Waals surface area contributed by atoms with E-state index in [-0.39, 0.29) is 18.7 Å². The van der Waals surface area contributed by atoms with Crippen molar-refractivity contribution in [2.45, 2.75) is 6.18 Å². The molecular formula is C14H16F3N3O4. The minimum absolute atomic E-state index is 0.0202. The molecule has 0 aromatic heterocycles. The second-order valence-electron chi connectivity index (χ2n) is 4.51. The molecule has 24 heavy (non-hydrogen) atoms. The predicted octanol–water partition coefficient (Wildman–Crippen LogP) is 1.15. The van der Waals surface area contributed by atoms with Crippen molar-refractivity contribution < 1.29 is 32.3 Å². The second-order valence-corrected chi connectivity index (χ2v) is 4.51. The molecule has 0 unspecified atom stereocenters. The Morgan fingerprint density at radius 2 is 1.75 bits per heavy atom. The molecule has 0 aliphatic rings. The van der Waals surface area contributed by atoms with E-state index in [0.29, 0.717) is 6.07 Å². The summed E-state index contributed by atoms with van der Waals surface area (Å²) in [5.41, 5.74) is -2.21. The summed E-state index contributed by atoms with van der Waals surface area (Å²) in [4.78, 5) is 34.2. The van der Waals surface area contributed by atoms with Crippen LogP contribution in [0.5, 0.6) is 0 Å². The molecule has 0 fully saturated rings. The van der Waals surface area contributed by atoms with Crippen molar-refractivity contribution >= 4 is 17.9 Å². The molecule has 0 saturated carbocycles. The van der Waals surface area contributed by atoms with Crippen LogP contribution in [0.1, 0.15) is 26.3 Å². The first-order valence-electron chi connectivity index (χ1n) is 6.74. The maximum absolute atomic E-state index is 13.0. The van der Waals surface area contributed by atoms with Gasteiger partial charge in [-0.05, 0) is 18.2 Å². The molecule has 1 aromatic rings.